The Balaban J connectivity index is 1.69. The topological polar surface area (TPSA) is 18.5 Å². The van der Waals surface area contributed by atoms with Crippen LogP contribution in [0.5, 0.6) is 0 Å². The lowest BCUT2D eigenvalue weighted by molar-refractivity contribution is 0.0213. The third-order valence-electron chi connectivity index (χ3n) is 4.45. The number of rotatable bonds is 6. The molecule has 1 aliphatic carbocycles. The monoisotopic (exact) mass is 239 g/mol. The highest BCUT2D eigenvalue weighted by Gasteiger charge is 2.35. The van der Waals surface area contributed by atoms with Gasteiger partial charge >= 0.3 is 0 Å². The van der Waals surface area contributed by atoms with Crippen LogP contribution in [0.25, 0.3) is 0 Å². The molecule has 0 bridgehead atoms. The number of hydrogen-bond acceptors (Lipinski definition) is 3. The first kappa shape index (κ1) is 13.3. The van der Waals surface area contributed by atoms with Gasteiger partial charge in [0.05, 0.1) is 0 Å². The smallest absolute Gasteiger partial charge is 0.0137 e. The maximum atomic E-state index is 3.51. The molecule has 1 saturated carbocycles. The van der Waals surface area contributed by atoms with Crippen LogP contribution in [-0.2, 0) is 0 Å². The molecule has 0 spiro atoms. The van der Waals surface area contributed by atoms with E-state index in [0.717, 1.165) is 18.5 Å². The molecule has 1 N–H and O–H groups in total. The summed E-state index contributed by atoms with van der Waals surface area (Å²) in [5, 5.41) is 3.51. The van der Waals surface area contributed by atoms with E-state index in [4.69, 9.17) is 0 Å². The molecular formula is C14H29N3. The molecule has 100 valence electrons. The molecule has 0 aromatic heterocycles. The average molecular weight is 239 g/mol. The first-order chi connectivity index (χ1) is 8.35. The number of nitrogens with zero attached hydrogens (tertiary/aromatic N) is 2. The largest absolute Gasteiger partial charge is 0.317 e. The molecule has 2 atom stereocenters. The van der Waals surface area contributed by atoms with E-state index in [1.54, 1.807) is 0 Å². The summed E-state index contributed by atoms with van der Waals surface area (Å²) in [5.41, 5.74) is 0. The molecule has 3 nitrogen and oxygen atoms in total. The Morgan fingerprint density at radius 3 is 2.35 bits per heavy atom. The summed E-state index contributed by atoms with van der Waals surface area (Å²) in [5.74, 6) is 0.924. The minimum atomic E-state index is 0.887. The standard InChI is InChI=1S/C14H29N3/c1-3-7-16-8-10-17(11-9-16)14-6-5-13(14)12-15-4-2/h13-15H,3-12H2,1-2H3. The summed E-state index contributed by atoms with van der Waals surface area (Å²) in [6.07, 6.45) is 4.17. The molecule has 1 heterocycles. The molecule has 0 aromatic rings. The molecule has 2 unspecified atom stereocenters. The van der Waals surface area contributed by atoms with E-state index in [0.29, 0.717) is 0 Å². The Morgan fingerprint density at radius 1 is 1.06 bits per heavy atom. The molecule has 2 rings (SSSR count). The van der Waals surface area contributed by atoms with Crippen molar-refractivity contribution < 1.29 is 0 Å². The molecule has 2 fully saturated rings. The van der Waals surface area contributed by atoms with Gasteiger partial charge in [-0.1, -0.05) is 13.8 Å². The van der Waals surface area contributed by atoms with Crippen LogP contribution < -0.4 is 5.32 Å². The van der Waals surface area contributed by atoms with Gasteiger partial charge in [0.1, 0.15) is 0 Å². The van der Waals surface area contributed by atoms with Gasteiger partial charge in [0.25, 0.3) is 0 Å². The molecule has 1 aliphatic heterocycles. The van der Waals surface area contributed by atoms with Crippen molar-refractivity contribution in [3.8, 4) is 0 Å². The molecule has 0 radical (unpaired) electrons. The molecule has 3 heteroatoms. The summed E-state index contributed by atoms with van der Waals surface area (Å²) >= 11 is 0. The van der Waals surface area contributed by atoms with Crippen LogP contribution in [0.2, 0.25) is 0 Å². The highest BCUT2D eigenvalue weighted by atomic mass is 15.3. The molecule has 1 saturated heterocycles. The number of nitrogens with one attached hydrogen (secondary N) is 1. The second kappa shape index (κ2) is 6.72. The summed E-state index contributed by atoms with van der Waals surface area (Å²) in [6, 6.07) is 0.887. The van der Waals surface area contributed by atoms with E-state index in [2.05, 4.69) is 29.0 Å². The van der Waals surface area contributed by atoms with Crippen molar-refractivity contribution in [2.45, 2.75) is 39.2 Å². The van der Waals surface area contributed by atoms with E-state index in [1.165, 1.54) is 58.5 Å². The molecule has 2 aliphatic rings. The highest BCUT2D eigenvalue weighted by molar-refractivity contribution is 4.91. The lowest BCUT2D eigenvalue weighted by Crippen LogP contribution is -2.57. The Hall–Kier alpha value is -0.120. The fourth-order valence-electron chi connectivity index (χ4n) is 3.23. The van der Waals surface area contributed by atoms with Crippen LogP contribution >= 0.6 is 0 Å². The average Bonchev–Trinajstić information content (AvgIpc) is 2.31. The van der Waals surface area contributed by atoms with E-state index in [1.807, 2.05) is 0 Å². The number of piperazine rings is 1. The van der Waals surface area contributed by atoms with Gasteiger partial charge in [0.15, 0.2) is 0 Å². The van der Waals surface area contributed by atoms with Gasteiger partial charge < -0.3 is 10.2 Å². The SMILES string of the molecule is CCCN1CCN(C2CCC2CNCC)CC1. The van der Waals surface area contributed by atoms with E-state index < -0.39 is 0 Å². The van der Waals surface area contributed by atoms with Crippen LogP contribution in [0.3, 0.4) is 0 Å². The van der Waals surface area contributed by atoms with E-state index in [9.17, 15) is 0 Å². The van der Waals surface area contributed by atoms with Gasteiger partial charge in [-0.2, -0.15) is 0 Å². The van der Waals surface area contributed by atoms with Crippen LogP contribution in [0.4, 0.5) is 0 Å². The van der Waals surface area contributed by atoms with Gasteiger partial charge in [0.2, 0.25) is 0 Å². The summed E-state index contributed by atoms with van der Waals surface area (Å²) in [4.78, 5) is 5.37. The molecular weight excluding hydrogens is 210 g/mol. The second-order valence-corrected chi connectivity index (χ2v) is 5.59. The molecule has 0 amide bonds. The highest BCUT2D eigenvalue weighted by Crippen LogP contribution is 2.32. The Morgan fingerprint density at radius 2 is 1.82 bits per heavy atom. The molecule has 17 heavy (non-hydrogen) atoms. The second-order valence-electron chi connectivity index (χ2n) is 5.59. The van der Waals surface area contributed by atoms with Crippen LogP contribution in [0.15, 0.2) is 0 Å². The Bertz CT molecular complexity index is 212. The van der Waals surface area contributed by atoms with Gasteiger partial charge in [-0.15, -0.1) is 0 Å². The summed E-state index contributed by atoms with van der Waals surface area (Å²) in [6.45, 7) is 13.3. The third kappa shape index (κ3) is 3.43. The fraction of sp³-hybridized carbons (Fsp3) is 1.00. The zero-order valence-corrected chi connectivity index (χ0v) is 11.6. The molecule has 0 aromatic carbocycles. The normalized spacial score (nSPS) is 31.4. The maximum absolute atomic E-state index is 3.51. The third-order valence-corrected chi connectivity index (χ3v) is 4.45. The predicted octanol–water partition coefficient (Wildman–Crippen LogP) is 1.40. The van der Waals surface area contributed by atoms with Crippen molar-refractivity contribution in [1.29, 1.82) is 0 Å². The summed E-state index contributed by atoms with van der Waals surface area (Å²) in [7, 11) is 0. The first-order valence-corrected chi connectivity index (χ1v) is 7.52. The predicted molar refractivity (Wildman–Crippen MR) is 73.4 cm³/mol. The van der Waals surface area contributed by atoms with Crippen molar-refractivity contribution in [2.75, 3.05) is 45.8 Å². The quantitative estimate of drug-likeness (QED) is 0.756. The maximum Gasteiger partial charge on any atom is 0.0137 e. The van der Waals surface area contributed by atoms with Crippen molar-refractivity contribution in [1.82, 2.24) is 15.1 Å². The van der Waals surface area contributed by atoms with Crippen LogP contribution in [-0.4, -0.2) is 61.7 Å². The minimum Gasteiger partial charge on any atom is -0.317 e. The lowest BCUT2D eigenvalue weighted by atomic mass is 9.78. The Labute approximate surface area is 107 Å². The van der Waals surface area contributed by atoms with Crippen molar-refractivity contribution in [3.63, 3.8) is 0 Å². The van der Waals surface area contributed by atoms with E-state index >= 15 is 0 Å². The van der Waals surface area contributed by atoms with Crippen molar-refractivity contribution in [3.05, 3.63) is 0 Å². The zero-order valence-electron chi connectivity index (χ0n) is 11.6. The van der Waals surface area contributed by atoms with Gasteiger partial charge in [-0.05, 0) is 44.8 Å². The minimum absolute atomic E-state index is 0.887. The Kier molecular flexibility index (Phi) is 5.26. The van der Waals surface area contributed by atoms with Crippen LogP contribution in [0, 0.1) is 5.92 Å². The number of hydrogen-bond donors (Lipinski definition) is 1. The zero-order chi connectivity index (χ0) is 12.1. The van der Waals surface area contributed by atoms with Gasteiger partial charge in [-0.3, -0.25) is 4.90 Å². The van der Waals surface area contributed by atoms with Gasteiger partial charge in [-0.25, -0.2) is 0 Å². The van der Waals surface area contributed by atoms with Crippen molar-refractivity contribution in [2.24, 2.45) is 5.92 Å². The van der Waals surface area contributed by atoms with Crippen molar-refractivity contribution >= 4 is 0 Å². The first-order valence-electron chi connectivity index (χ1n) is 7.52. The van der Waals surface area contributed by atoms with Crippen LogP contribution in [0.1, 0.15) is 33.1 Å². The lowest BCUT2D eigenvalue weighted by Gasteiger charge is -2.47. The van der Waals surface area contributed by atoms with Gasteiger partial charge in [0, 0.05) is 32.2 Å². The van der Waals surface area contributed by atoms with E-state index in [-0.39, 0.29) is 0 Å². The summed E-state index contributed by atoms with van der Waals surface area (Å²) < 4.78 is 0. The fourth-order valence-corrected chi connectivity index (χ4v) is 3.23.